The molecule has 7 heteroatoms. The minimum absolute atomic E-state index is 0.0530. The topological polar surface area (TPSA) is 78.6 Å². The number of carbonyl (C=O) groups is 1. The lowest BCUT2D eigenvalue weighted by atomic mass is 9.89. The molecule has 1 amide bonds. The van der Waals surface area contributed by atoms with Crippen LogP contribution in [0.2, 0.25) is 0 Å². The minimum Gasteiger partial charge on any atom is -0.508 e. The first kappa shape index (κ1) is 17.4. The summed E-state index contributed by atoms with van der Waals surface area (Å²) in [6.07, 6.45) is 1.84. The molecule has 138 valence electrons. The van der Waals surface area contributed by atoms with Crippen LogP contribution >= 0.6 is 11.3 Å². The zero-order chi connectivity index (χ0) is 19.1. The molecule has 3 aromatic rings. The summed E-state index contributed by atoms with van der Waals surface area (Å²) >= 11 is 1.65. The Hall–Kier alpha value is -3.06. The maximum atomic E-state index is 13.0. The monoisotopic (exact) mass is 381 g/mol. The summed E-state index contributed by atoms with van der Waals surface area (Å²) in [4.78, 5) is 16.2. The van der Waals surface area contributed by atoms with Crippen molar-refractivity contribution in [2.75, 3.05) is 12.4 Å². The molecule has 27 heavy (non-hydrogen) atoms. The first-order chi connectivity index (χ1) is 13.0. The van der Waals surface area contributed by atoms with Crippen molar-refractivity contribution >= 4 is 28.5 Å². The molecule has 1 unspecified atom stereocenters. The molecule has 1 atom stereocenters. The third-order valence-corrected chi connectivity index (χ3v) is 5.61. The lowest BCUT2D eigenvalue weighted by Crippen LogP contribution is -2.28. The Bertz CT molecular complexity index is 1020. The number of benzene rings is 1. The van der Waals surface area contributed by atoms with Crippen molar-refractivity contribution < 1.29 is 14.4 Å². The number of carbonyl (C=O) groups excluding carboxylic acids is 1. The zero-order valence-corrected chi connectivity index (χ0v) is 16.0. The molecule has 0 aliphatic carbocycles. The molecule has 1 aliphatic heterocycles. The van der Waals surface area contributed by atoms with Crippen molar-refractivity contribution in [1.82, 2.24) is 10.1 Å². The number of amides is 1. The second-order valence-electron chi connectivity index (χ2n) is 6.55. The number of hydrogen-bond acceptors (Lipinski definition) is 6. The number of hydrogen-bond donors (Lipinski definition) is 2. The summed E-state index contributed by atoms with van der Waals surface area (Å²) in [5, 5.41) is 18.8. The van der Waals surface area contributed by atoms with Gasteiger partial charge in [0.05, 0.1) is 11.6 Å². The summed E-state index contributed by atoms with van der Waals surface area (Å²) in [5.74, 6) is 0.497. The molecule has 2 N–H and O–H groups in total. The fraction of sp³-hybridized carbons (Fsp3) is 0.200. The van der Waals surface area contributed by atoms with Gasteiger partial charge in [-0.3, -0.25) is 4.79 Å². The van der Waals surface area contributed by atoms with Crippen LogP contribution in [-0.4, -0.2) is 28.1 Å². The molecule has 2 aromatic heterocycles. The van der Waals surface area contributed by atoms with E-state index in [1.54, 1.807) is 43.4 Å². The fourth-order valence-electron chi connectivity index (χ4n) is 3.41. The lowest BCUT2D eigenvalue weighted by Gasteiger charge is -2.33. The highest BCUT2D eigenvalue weighted by molar-refractivity contribution is 7.10. The second-order valence-corrected chi connectivity index (χ2v) is 7.53. The van der Waals surface area contributed by atoms with Crippen molar-refractivity contribution in [3.8, 4) is 5.75 Å². The molecule has 1 aromatic carbocycles. The van der Waals surface area contributed by atoms with Gasteiger partial charge in [-0.05, 0) is 48.6 Å². The highest BCUT2D eigenvalue weighted by Crippen LogP contribution is 2.41. The van der Waals surface area contributed by atoms with Crippen LogP contribution in [0.5, 0.6) is 5.75 Å². The Balaban J connectivity index is 1.76. The van der Waals surface area contributed by atoms with Crippen molar-refractivity contribution in [3.05, 3.63) is 69.4 Å². The van der Waals surface area contributed by atoms with Crippen molar-refractivity contribution in [3.63, 3.8) is 0 Å². The van der Waals surface area contributed by atoms with Gasteiger partial charge >= 0.3 is 0 Å². The molecule has 0 saturated heterocycles. The van der Waals surface area contributed by atoms with Crippen LogP contribution in [0.3, 0.4) is 0 Å². The Morgan fingerprint density at radius 2 is 2.15 bits per heavy atom. The molecule has 0 saturated carbocycles. The number of phenols is 1. The predicted octanol–water partition coefficient (Wildman–Crippen LogP) is 4.07. The van der Waals surface area contributed by atoms with E-state index in [9.17, 15) is 9.90 Å². The maximum absolute atomic E-state index is 13.0. The van der Waals surface area contributed by atoms with Crippen LogP contribution < -0.4 is 5.32 Å². The van der Waals surface area contributed by atoms with Gasteiger partial charge in [0.2, 0.25) is 0 Å². The Morgan fingerprint density at radius 3 is 2.81 bits per heavy atom. The van der Waals surface area contributed by atoms with E-state index in [1.165, 1.54) is 0 Å². The van der Waals surface area contributed by atoms with E-state index in [-0.39, 0.29) is 17.7 Å². The van der Waals surface area contributed by atoms with E-state index in [1.807, 2.05) is 29.6 Å². The molecule has 0 bridgehead atoms. The van der Waals surface area contributed by atoms with Gasteiger partial charge in [0.25, 0.3) is 5.91 Å². The quantitative estimate of drug-likeness (QED) is 0.715. The predicted molar refractivity (Wildman–Crippen MR) is 105 cm³/mol. The number of thiophene rings is 1. The highest BCUT2D eigenvalue weighted by atomic mass is 32.1. The van der Waals surface area contributed by atoms with Crippen molar-refractivity contribution in [2.45, 2.75) is 19.9 Å². The Kier molecular flexibility index (Phi) is 4.24. The Labute approximate surface area is 160 Å². The molecule has 0 spiro atoms. The average molecular weight is 381 g/mol. The number of phenolic OH excluding ortho intramolecular Hbond substituents is 1. The van der Waals surface area contributed by atoms with Crippen molar-refractivity contribution in [1.29, 1.82) is 0 Å². The third kappa shape index (κ3) is 3.00. The molecule has 1 aliphatic rings. The smallest absolute Gasteiger partial charge is 0.257 e. The summed E-state index contributed by atoms with van der Waals surface area (Å²) in [6, 6.07) is 9.13. The van der Waals surface area contributed by atoms with Gasteiger partial charge in [0.15, 0.2) is 5.76 Å². The van der Waals surface area contributed by atoms with Gasteiger partial charge in [0, 0.05) is 18.1 Å². The maximum Gasteiger partial charge on any atom is 0.257 e. The number of rotatable bonds is 3. The van der Waals surface area contributed by atoms with Crippen LogP contribution in [0.15, 0.2) is 46.4 Å². The van der Waals surface area contributed by atoms with Crippen LogP contribution in [0, 0.1) is 13.8 Å². The number of anilines is 1. The van der Waals surface area contributed by atoms with E-state index in [4.69, 9.17) is 4.52 Å². The summed E-state index contributed by atoms with van der Waals surface area (Å²) in [7, 11) is 1.93. The molecule has 4 rings (SSSR count). The molecule has 0 radical (unpaired) electrons. The van der Waals surface area contributed by atoms with Crippen LogP contribution in [-0.2, 0) is 4.79 Å². The first-order valence-electron chi connectivity index (χ1n) is 8.50. The SMILES string of the molecule is Cc1noc(C)c1NC(=O)C1=CN(C)C(c2cccs2)c2cc(O)ccc21. The van der Waals surface area contributed by atoms with Crippen LogP contribution in [0.1, 0.15) is 33.5 Å². The zero-order valence-electron chi connectivity index (χ0n) is 15.2. The van der Waals surface area contributed by atoms with Gasteiger partial charge in [-0.1, -0.05) is 17.3 Å². The average Bonchev–Trinajstić information content (AvgIpc) is 3.26. The second kappa shape index (κ2) is 6.59. The first-order valence-corrected chi connectivity index (χ1v) is 9.38. The molecular weight excluding hydrogens is 362 g/mol. The number of nitrogens with one attached hydrogen (secondary N) is 1. The molecule has 3 heterocycles. The van der Waals surface area contributed by atoms with E-state index in [0.29, 0.717) is 22.7 Å². The van der Waals surface area contributed by atoms with Gasteiger partial charge in [0.1, 0.15) is 17.1 Å². The number of fused-ring (bicyclic) bond motifs is 1. The van der Waals surface area contributed by atoms with Crippen LogP contribution in [0.4, 0.5) is 5.69 Å². The van der Waals surface area contributed by atoms with Crippen molar-refractivity contribution in [2.24, 2.45) is 0 Å². The van der Waals surface area contributed by atoms with Crippen LogP contribution in [0.25, 0.3) is 5.57 Å². The van der Waals surface area contributed by atoms with Gasteiger partial charge in [-0.25, -0.2) is 0 Å². The normalized spacial score (nSPS) is 16.0. The summed E-state index contributed by atoms with van der Waals surface area (Å²) in [6.45, 7) is 3.54. The van der Waals surface area contributed by atoms with Gasteiger partial charge in [-0.2, -0.15) is 0 Å². The largest absolute Gasteiger partial charge is 0.508 e. The minimum atomic E-state index is -0.243. The summed E-state index contributed by atoms with van der Waals surface area (Å²) in [5.41, 5.74) is 3.44. The number of nitrogens with zero attached hydrogens (tertiary/aromatic N) is 2. The van der Waals surface area contributed by atoms with E-state index in [0.717, 1.165) is 16.0 Å². The standard InChI is InChI=1S/C20H19N3O3S/c1-11-18(12(2)26-22-11)21-20(25)16-10-23(3)19(17-5-4-8-27-17)15-9-13(24)6-7-14(15)16/h4-10,19,24H,1-3H3,(H,21,25). The third-order valence-electron chi connectivity index (χ3n) is 4.69. The number of aromatic nitrogens is 1. The Morgan fingerprint density at radius 1 is 1.33 bits per heavy atom. The number of aryl methyl sites for hydroxylation is 2. The molecular formula is C20H19N3O3S. The fourth-order valence-corrected chi connectivity index (χ4v) is 4.31. The van der Waals surface area contributed by atoms with Gasteiger partial charge in [-0.15, -0.1) is 11.3 Å². The van der Waals surface area contributed by atoms with Gasteiger partial charge < -0.3 is 19.8 Å². The molecule has 0 fully saturated rings. The van der Waals surface area contributed by atoms with E-state index in [2.05, 4.69) is 16.5 Å². The highest BCUT2D eigenvalue weighted by Gasteiger charge is 2.31. The van der Waals surface area contributed by atoms with E-state index < -0.39 is 0 Å². The summed E-state index contributed by atoms with van der Waals surface area (Å²) < 4.78 is 5.13. The lowest BCUT2D eigenvalue weighted by molar-refractivity contribution is -0.111. The van der Waals surface area contributed by atoms with E-state index >= 15 is 0 Å². The number of aromatic hydroxyl groups is 1. The molecule has 6 nitrogen and oxygen atoms in total.